The molecule has 14 nitrogen and oxygen atoms in total. The maximum absolute atomic E-state index is 13.9. The van der Waals surface area contributed by atoms with Crippen LogP contribution in [0.2, 0.25) is 0 Å². The number of aryl methyl sites for hydroxylation is 1. The lowest BCUT2D eigenvalue weighted by Crippen LogP contribution is -2.43. The molecular formula is C45H50N8O6. The van der Waals surface area contributed by atoms with Crippen LogP contribution in [0.15, 0.2) is 97.3 Å². The van der Waals surface area contributed by atoms with Gasteiger partial charge in [0.1, 0.15) is 24.2 Å². The number of nitrogens with one attached hydrogen (secondary N) is 4. The van der Waals surface area contributed by atoms with E-state index in [4.69, 9.17) is 4.74 Å². The van der Waals surface area contributed by atoms with Crippen LogP contribution in [0.1, 0.15) is 55.5 Å². The van der Waals surface area contributed by atoms with Gasteiger partial charge in [-0.1, -0.05) is 92.2 Å². The Morgan fingerprint density at radius 2 is 1.24 bits per heavy atom. The molecule has 0 spiro atoms. The Morgan fingerprint density at radius 3 is 1.86 bits per heavy atom. The Balaban J connectivity index is 1.12. The first-order valence-electron chi connectivity index (χ1n) is 19.6. The van der Waals surface area contributed by atoms with E-state index in [2.05, 4.69) is 77.8 Å². The summed E-state index contributed by atoms with van der Waals surface area (Å²) < 4.78 is 9.41. The third-order valence-electron chi connectivity index (χ3n) is 9.91. The molecule has 2 aromatic heterocycles. The van der Waals surface area contributed by atoms with Gasteiger partial charge in [-0.2, -0.15) is 0 Å². The number of alkyl carbamates (subject to hydrolysis) is 2. The van der Waals surface area contributed by atoms with E-state index < -0.39 is 18.2 Å². The van der Waals surface area contributed by atoms with Crippen molar-refractivity contribution in [2.75, 3.05) is 33.9 Å². The van der Waals surface area contributed by atoms with Crippen molar-refractivity contribution < 1.29 is 28.7 Å². The smallest absolute Gasteiger partial charge is 0.407 e. The third kappa shape index (κ3) is 10.5. The number of aromatic amines is 2. The Labute approximate surface area is 343 Å². The molecule has 306 valence electrons. The summed E-state index contributed by atoms with van der Waals surface area (Å²) in [6, 6.07) is 27.5. The lowest BCUT2D eigenvalue weighted by Gasteiger charge is -2.27. The maximum Gasteiger partial charge on any atom is 0.407 e. The number of amides is 4. The number of imidazole rings is 2. The van der Waals surface area contributed by atoms with E-state index in [-0.39, 0.29) is 24.9 Å². The van der Waals surface area contributed by atoms with Crippen molar-refractivity contribution in [2.45, 2.75) is 52.7 Å². The number of hydrogen-bond acceptors (Lipinski definition) is 8. The van der Waals surface area contributed by atoms with Crippen molar-refractivity contribution in [3.63, 3.8) is 0 Å². The average Bonchev–Trinajstić information content (AvgIpc) is 3.94. The van der Waals surface area contributed by atoms with Crippen molar-refractivity contribution in [1.82, 2.24) is 40.4 Å². The first-order chi connectivity index (χ1) is 28.6. The van der Waals surface area contributed by atoms with E-state index in [9.17, 15) is 19.2 Å². The molecule has 0 aliphatic heterocycles. The molecule has 4 amide bonds. The minimum Gasteiger partial charge on any atom is -0.453 e. The zero-order chi connectivity index (χ0) is 41.9. The van der Waals surface area contributed by atoms with Gasteiger partial charge in [-0.05, 0) is 64.9 Å². The van der Waals surface area contributed by atoms with Crippen molar-refractivity contribution in [3.05, 3.63) is 120 Å². The predicted molar refractivity (Wildman–Crippen MR) is 226 cm³/mol. The first kappa shape index (κ1) is 41.7. The number of carbonyl (C=O) groups excluding carboxylic acids is 4. The standard InChI is InChI=1S/C45H50N8O6/c1-6-19-52(41(54)26-48-44(56)58-4)27-39-47-25-38(50-39)35-18-17-33-22-32(15-16-34(33)23-35)30-11-13-31(14-12-30)37-24-46-40(49-37)28-53(20-7-2)43(55)42(51-45(57)59-5)36-10-8-9-29(3)21-36/h8-18,21-25,42H,6-7,19-20,26-28H2,1-5H3,(H,46,49)(H,47,50)(H,48,56)(H,51,57)/t42-/m1/s1. The molecular weight excluding hydrogens is 749 g/mol. The van der Waals surface area contributed by atoms with Gasteiger partial charge in [-0.25, -0.2) is 19.6 Å². The number of rotatable bonds is 16. The Bertz CT molecular complexity index is 2410. The van der Waals surface area contributed by atoms with Crippen LogP contribution in [-0.2, 0) is 32.2 Å². The average molecular weight is 799 g/mol. The van der Waals surface area contributed by atoms with Gasteiger partial charge in [0.25, 0.3) is 0 Å². The van der Waals surface area contributed by atoms with E-state index >= 15 is 0 Å². The summed E-state index contributed by atoms with van der Waals surface area (Å²) in [4.78, 5) is 69.6. The fourth-order valence-corrected chi connectivity index (χ4v) is 6.90. The number of fused-ring (bicyclic) bond motifs is 1. The molecule has 4 N–H and O–H groups in total. The van der Waals surface area contributed by atoms with Crippen LogP contribution >= 0.6 is 0 Å². The van der Waals surface area contributed by atoms with Crippen LogP contribution in [0.4, 0.5) is 9.59 Å². The summed E-state index contributed by atoms with van der Waals surface area (Å²) in [5, 5.41) is 7.32. The highest BCUT2D eigenvalue weighted by molar-refractivity contribution is 5.91. The molecule has 0 fully saturated rings. The number of ether oxygens (including phenoxy) is 2. The van der Waals surface area contributed by atoms with Gasteiger partial charge in [0.15, 0.2) is 0 Å². The monoisotopic (exact) mass is 798 g/mol. The fourth-order valence-electron chi connectivity index (χ4n) is 6.90. The summed E-state index contributed by atoms with van der Waals surface area (Å²) in [6.07, 6.45) is 3.69. The van der Waals surface area contributed by atoms with Gasteiger partial charge in [-0.15, -0.1) is 0 Å². The largest absolute Gasteiger partial charge is 0.453 e. The van der Waals surface area contributed by atoms with Gasteiger partial charge in [0, 0.05) is 18.7 Å². The van der Waals surface area contributed by atoms with Gasteiger partial charge >= 0.3 is 12.2 Å². The maximum atomic E-state index is 13.9. The minimum atomic E-state index is -0.908. The van der Waals surface area contributed by atoms with Crippen molar-refractivity contribution >= 4 is 34.8 Å². The first-order valence-corrected chi connectivity index (χ1v) is 19.6. The number of H-pyrrole nitrogens is 2. The molecule has 14 heteroatoms. The second kappa shape index (κ2) is 19.5. The molecule has 1 atom stereocenters. The van der Waals surface area contributed by atoms with Gasteiger partial charge in [-0.3, -0.25) is 9.59 Å². The number of benzene rings is 4. The summed E-state index contributed by atoms with van der Waals surface area (Å²) in [6.45, 7) is 7.32. The van der Waals surface area contributed by atoms with Crippen LogP contribution in [0.25, 0.3) is 44.4 Å². The number of carbonyl (C=O) groups is 4. The van der Waals surface area contributed by atoms with Crippen LogP contribution in [0, 0.1) is 6.92 Å². The minimum absolute atomic E-state index is 0.151. The SMILES string of the molecule is CCCN(Cc1ncc(-c2ccc3cc(-c4ccc(-c5cnc(CN(CCC)C(=O)[C@H](NC(=O)OC)c6cccc(C)c6)[nH]5)cc4)ccc3c2)[nH]1)C(=O)CNC(=O)OC. The van der Waals surface area contributed by atoms with Crippen LogP contribution < -0.4 is 10.6 Å². The molecule has 6 aromatic rings. The molecule has 0 saturated carbocycles. The molecule has 0 unspecified atom stereocenters. The second-order valence-corrected chi connectivity index (χ2v) is 14.2. The summed E-state index contributed by atoms with van der Waals surface area (Å²) >= 11 is 0. The van der Waals surface area contributed by atoms with E-state index in [1.165, 1.54) is 14.2 Å². The van der Waals surface area contributed by atoms with Crippen molar-refractivity contribution in [1.29, 1.82) is 0 Å². The van der Waals surface area contributed by atoms with Crippen LogP contribution in [0.3, 0.4) is 0 Å². The number of aromatic nitrogens is 4. The Morgan fingerprint density at radius 1 is 0.678 bits per heavy atom. The topological polar surface area (TPSA) is 175 Å². The molecule has 59 heavy (non-hydrogen) atoms. The van der Waals surface area contributed by atoms with Crippen LogP contribution in [-0.4, -0.2) is 87.6 Å². The number of nitrogens with zero attached hydrogens (tertiary/aromatic N) is 4. The molecule has 0 aliphatic rings. The van der Waals surface area contributed by atoms with Crippen molar-refractivity contribution in [2.24, 2.45) is 0 Å². The van der Waals surface area contributed by atoms with Gasteiger partial charge in [0.05, 0.1) is 51.1 Å². The molecule has 2 heterocycles. The van der Waals surface area contributed by atoms with E-state index in [1.54, 1.807) is 22.2 Å². The zero-order valence-corrected chi connectivity index (χ0v) is 34.0. The molecule has 0 saturated heterocycles. The quantitative estimate of drug-likeness (QED) is 0.0778. The highest BCUT2D eigenvalue weighted by atomic mass is 16.5. The number of hydrogen-bond donors (Lipinski definition) is 4. The molecule has 0 radical (unpaired) electrons. The fraction of sp³-hybridized carbons (Fsp3) is 0.289. The summed E-state index contributed by atoms with van der Waals surface area (Å²) in [7, 11) is 2.53. The Hall–Kier alpha value is -6.96. The molecule has 6 rings (SSSR count). The van der Waals surface area contributed by atoms with E-state index in [0.717, 1.165) is 62.8 Å². The van der Waals surface area contributed by atoms with Gasteiger partial charge < -0.3 is 39.9 Å². The third-order valence-corrected chi connectivity index (χ3v) is 9.91. The van der Waals surface area contributed by atoms with E-state index in [1.807, 2.05) is 63.2 Å². The predicted octanol–water partition coefficient (Wildman–Crippen LogP) is 7.53. The second-order valence-electron chi connectivity index (χ2n) is 14.2. The van der Waals surface area contributed by atoms with Crippen LogP contribution in [0.5, 0.6) is 0 Å². The Kier molecular flexibility index (Phi) is 13.7. The highest BCUT2D eigenvalue weighted by Gasteiger charge is 2.28. The molecule has 0 aliphatic carbocycles. The molecule has 4 aromatic carbocycles. The zero-order valence-electron chi connectivity index (χ0n) is 34.0. The lowest BCUT2D eigenvalue weighted by atomic mass is 9.98. The lowest BCUT2D eigenvalue weighted by molar-refractivity contribution is -0.134. The summed E-state index contributed by atoms with van der Waals surface area (Å²) in [5.74, 6) is 0.809. The highest BCUT2D eigenvalue weighted by Crippen LogP contribution is 2.30. The summed E-state index contributed by atoms with van der Waals surface area (Å²) in [5.41, 5.74) is 7.38. The molecule has 0 bridgehead atoms. The number of methoxy groups -OCH3 is 2. The normalized spacial score (nSPS) is 11.5. The van der Waals surface area contributed by atoms with Crippen molar-refractivity contribution in [3.8, 4) is 33.6 Å². The van der Waals surface area contributed by atoms with Gasteiger partial charge in [0.2, 0.25) is 11.8 Å². The van der Waals surface area contributed by atoms with E-state index in [0.29, 0.717) is 36.8 Å².